The third kappa shape index (κ3) is 3.23. The molecule has 0 spiro atoms. The summed E-state index contributed by atoms with van der Waals surface area (Å²) in [5.41, 5.74) is 8.20. The van der Waals surface area contributed by atoms with E-state index in [-0.39, 0.29) is 0 Å². The molecule has 0 aliphatic carbocycles. The second kappa shape index (κ2) is 5.40. The average molecular weight is 297 g/mol. The van der Waals surface area contributed by atoms with Crippen LogP contribution in [-0.2, 0) is 6.54 Å². The first-order valence-corrected chi connectivity index (χ1v) is 7.13. The van der Waals surface area contributed by atoms with E-state index in [1.165, 1.54) is 24.9 Å². The third-order valence-electron chi connectivity index (χ3n) is 3.73. The predicted molar refractivity (Wildman–Crippen MR) is 76.8 cm³/mol. The first-order valence-electron chi connectivity index (χ1n) is 6.34. The molecule has 0 saturated carbocycles. The SMILES string of the molecule is CC1CCC(C)N(Cc2ccc(Br)cc2N)C1. The fraction of sp³-hybridized carbons (Fsp3) is 0.571. The van der Waals surface area contributed by atoms with E-state index in [2.05, 4.69) is 46.8 Å². The highest BCUT2D eigenvalue weighted by atomic mass is 79.9. The lowest BCUT2D eigenvalue weighted by molar-refractivity contribution is 0.117. The van der Waals surface area contributed by atoms with Crippen molar-refractivity contribution in [2.24, 2.45) is 5.92 Å². The molecule has 1 aliphatic heterocycles. The predicted octanol–water partition coefficient (Wildman–Crippen LogP) is 3.65. The van der Waals surface area contributed by atoms with Crippen LogP contribution in [0, 0.1) is 5.92 Å². The van der Waals surface area contributed by atoms with E-state index in [4.69, 9.17) is 5.73 Å². The second-order valence-corrected chi connectivity index (χ2v) is 6.22. The van der Waals surface area contributed by atoms with E-state index in [9.17, 15) is 0 Å². The first kappa shape index (κ1) is 12.9. The fourth-order valence-electron chi connectivity index (χ4n) is 2.53. The highest BCUT2D eigenvalue weighted by Crippen LogP contribution is 2.26. The minimum atomic E-state index is 0.675. The van der Waals surface area contributed by atoms with Gasteiger partial charge in [0.25, 0.3) is 0 Å². The summed E-state index contributed by atoms with van der Waals surface area (Å²) in [7, 11) is 0. The van der Waals surface area contributed by atoms with E-state index >= 15 is 0 Å². The maximum absolute atomic E-state index is 6.06. The number of hydrogen-bond acceptors (Lipinski definition) is 2. The Morgan fingerprint density at radius 2 is 2.12 bits per heavy atom. The van der Waals surface area contributed by atoms with Crippen molar-refractivity contribution in [2.75, 3.05) is 12.3 Å². The van der Waals surface area contributed by atoms with Crippen molar-refractivity contribution >= 4 is 21.6 Å². The standard InChI is InChI=1S/C14H21BrN2/c1-10-3-4-11(2)17(8-10)9-12-5-6-13(15)7-14(12)16/h5-7,10-11H,3-4,8-9,16H2,1-2H3. The number of halogens is 1. The Bertz CT molecular complexity index is 392. The Morgan fingerprint density at radius 3 is 2.82 bits per heavy atom. The Kier molecular flexibility index (Phi) is 4.10. The molecule has 1 heterocycles. The second-order valence-electron chi connectivity index (χ2n) is 5.30. The van der Waals surface area contributed by atoms with Gasteiger partial charge in [0.1, 0.15) is 0 Å². The first-order chi connectivity index (χ1) is 8.06. The van der Waals surface area contributed by atoms with Crippen LogP contribution in [0.15, 0.2) is 22.7 Å². The zero-order valence-electron chi connectivity index (χ0n) is 10.6. The summed E-state index contributed by atoms with van der Waals surface area (Å²) in [5.74, 6) is 0.808. The number of piperidine rings is 1. The van der Waals surface area contributed by atoms with E-state index < -0.39 is 0 Å². The third-order valence-corrected chi connectivity index (χ3v) is 4.22. The Labute approximate surface area is 112 Å². The zero-order valence-corrected chi connectivity index (χ0v) is 12.2. The van der Waals surface area contributed by atoms with Crippen LogP contribution >= 0.6 is 15.9 Å². The van der Waals surface area contributed by atoms with Gasteiger partial charge >= 0.3 is 0 Å². The quantitative estimate of drug-likeness (QED) is 0.844. The van der Waals surface area contributed by atoms with Crippen LogP contribution in [0.2, 0.25) is 0 Å². The van der Waals surface area contributed by atoms with Crippen LogP contribution < -0.4 is 5.73 Å². The number of benzene rings is 1. The lowest BCUT2D eigenvalue weighted by atomic mass is 9.94. The van der Waals surface area contributed by atoms with Gasteiger partial charge in [-0.2, -0.15) is 0 Å². The van der Waals surface area contributed by atoms with Crippen LogP contribution in [-0.4, -0.2) is 17.5 Å². The van der Waals surface area contributed by atoms with Gasteiger partial charge in [-0.25, -0.2) is 0 Å². The molecule has 1 fully saturated rings. The van der Waals surface area contributed by atoms with Crippen LogP contribution in [0.4, 0.5) is 5.69 Å². The van der Waals surface area contributed by atoms with Crippen molar-refractivity contribution in [3.8, 4) is 0 Å². The lowest BCUT2D eigenvalue weighted by Crippen LogP contribution is -2.40. The number of anilines is 1. The smallest absolute Gasteiger partial charge is 0.0371 e. The molecule has 2 N–H and O–H groups in total. The van der Waals surface area contributed by atoms with E-state index in [1.807, 2.05) is 6.07 Å². The fourth-order valence-corrected chi connectivity index (χ4v) is 2.91. The summed E-state index contributed by atoms with van der Waals surface area (Å²) in [6.45, 7) is 6.83. The summed E-state index contributed by atoms with van der Waals surface area (Å²) in [6.07, 6.45) is 2.66. The monoisotopic (exact) mass is 296 g/mol. The minimum absolute atomic E-state index is 0.675. The molecule has 0 radical (unpaired) electrons. The summed E-state index contributed by atoms with van der Waals surface area (Å²) >= 11 is 3.45. The van der Waals surface area contributed by atoms with Crippen LogP contribution in [0.3, 0.4) is 0 Å². The zero-order chi connectivity index (χ0) is 12.4. The van der Waals surface area contributed by atoms with Crippen LogP contribution in [0.1, 0.15) is 32.3 Å². The molecule has 1 aliphatic rings. The number of nitrogen functional groups attached to an aromatic ring is 1. The largest absolute Gasteiger partial charge is 0.398 e. The molecule has 1 saturated heterocycles. The van der Waals surface area contributed by atoms with Crippen molar-refractivity contribution in [1.29, 1.82) is 0 Å². The van der Waals surface area contributed by atoms with Crippen LogP contribution in [0.5, 0.6) is 0 Å². The highest BCUT2D eigenvalue weighted by molar-refractivity contribution is 9.10. The Balaban J connectivity index is 2.08. The lowest BCUT2D eigenvalue weighted by Gasteiger charge is -2.37. The molecule has 17 heavy (non-hydrogen) atoms. The summed E-state index contributed by atoms with van der Waals surface area (Å²) in [5, 5.41) is 0. The Hall–Kier alpha value is -0.540. The molecule has 2 rings (SSSR count). The molecular weight excluding hydrogens is 276 g/mol. The molecule has 2 nitrogen and oxygen atoms in total. The normalized spacial score (nSPS) is 26.1. The van der Waals surface area contributed by atoms with E-state index in [0.29, 0.717) is 6.04 Å². The molecule has 1 aromatic carbocycles. The topological polar surface area (TPSA) is 29.3 Å². The van der Waals surface area contributed by atoms with Crippen molar-refractivity contribution in [2.45, 2.75) is 39.3 Å². The maximum atomic E-state index is 6.06. The molecule has 94 valence electrons. The summed E-state index contributed by atoms with van der Waals surface area (Å²) < 4.78 is 1.05. The molecule has 1 aromatic rings. The van der Waals surface area contributed by atoms with Gasteiger partial charge in [-0.15, -0.1) is 0 Å². The molecular formula is C14H21BrN2. The molecule has 0 bridgehead atoms. The van der Waals surface area contributed by atoms with Gasteiger partial charge in [0.2, 0.25) is 0 Å². The number of likely N-dealkylation sites (tertiary alicyclic amines) is 1. The molecule has 0 aromatic heterocycles. The van der Waals surface area contributed by atoms with Crippen LogP contribution in [0.25, 0.3) is 0 Å². The van der Waals surface area contributed by atoms with Gasteiger partial charge in [-0.3, -0.25) is 4.90 Å². The molecule has 2 atom stereocenters. The summed E-state index contributed by atoms with van der Waals surface area (Å²) in [4.78, 5) is 2.55. The average Bonchev–Trinajstić information content (AvgIpc) is 2.27. The number of nitrogens with two attached hydrogens (primary N) is 1. The van der Waals surface area contributed by atoms with Gasteiger partial charge in [-0.05, 0) is 43.4 Å². The maximum Gasteiger partial charge on any atom is 0.0371 e. The summed E-state index contributed by atoms with van der Waals surface area (Å²) in [6, 6.07) is 6.87. The van der Waals surface area contributed by atoms with Crippen molar-refractivity contribution in [1.82, 2.24) is 4.90 Å². The van der Waals surface area contributed by atoms with Gasteiger partial charge in [0.05, 0.1) is 0 Å². The van der Waals surface area contributed by atoms with E-state index in [0.717, 1.165) is 22.6 Å². The number of rotatable bonds is 2. The van der Waals surface area contributed by atoms with Gasteiger partial charge < -0.3 is 5.73 Å². The number of nitrogens with zero attached hydrogens (tertiary/aromatic N) is 1. The molecule has 0 amide bonds. The van der Waals surface area contributed by atoms with E-state index in [1.54, 1.807) is 0 Å². The van der Waals surface area contributed by atoms with Crippen molar-refractivity contribution < 1.29 is 0 Å². The van der Waals surface area contributed by atoms with Gasteiger partial charge in [-0.1, -0.05) is 28.9 Å². The number of hydrogen-bond donors (Lipinski definition) is 1. The Morgan fingerprint density at radius 1 is 1.35 bits per heavy atom. The van der Waals surface area contributed by atoms with Gasteiger partial charge in [0, 0.05) is 29.3 Å². The minimum Gasteiger partial charge on any atom is -0.398 e. The highest BCUT2D eigenvalue weighted by Gasteiger charge is 2.23. The molecule has 2 unspecified atom stereocenters. The molecule has 3 heteroatoms. The van der Waals surface area contributed by atoms with Crippen molar-refractivity contribution in [3.63, 3.8) is 0 Å². The van der Waals surface area contributed by atoms with Crippen molar-refractivity contribution in [3.05, 3.63) is 28.2 Å². The van der Waals surface area contributed by atoms with Gasteiger partial charge in [0.15, 0.2) is 0 Å².